The highest BCUT2D eigenvalue weighted by atomic mass is 32.1. The van der Waals surface area contributed by atoms with Crippen molar-refractivity contribution in [1.29, 1.82) is 0 Å². The fraction of sp³-hybridized carbons (Fsp3) is 0.750. The molecular weight excluding hydrogens is 156 g/mol. The molecule has 0 heterocycles. The van der Waals surface area contributed by atoms with E-state index in [4.69, 9.17) is 10.8 Å². The lowest BCUT2D eigenvalue weighted by Gasteiger charge is -1.86. The minimum Gasteiger partial charge on any atom is -0.549 e. The summed E-state index contributed by atoms with van der Waals surface area (Å²) in [5.41, 5.74) is 4.78. The third kappa shape index (κ3) is 47.4. The molecule has 0 rings (SSSR count). The van der Waals surface area contributed by atoms with Gasteiger partial charge in [-0.2, -0.15) is 12.6 Å². The zero-order valence-electron chi connectivity index (χ0n) is 5.91. The topological polar surface area (TPSA) is 123 Å². The number of hydrogen-bond acceptors (Lipinski definition) is 5. The Kier molecular flexibility index (Phi) is 26.0. The van der Waals surface area contributed by atoms with E-state index in [1.165, 1.54) is 0 Å². The maximum absolute atomic E-state index is 9.18. The number of aliphatic hydroxyl groups is 1. The molecular formula is C4H14N2O3S. The summed E-state index contributed by atoms with van der Waals surface area (Å²) in [6.45, 7) is 0.472. The van der Waals surface area contributed by atoms with Crippen LogP contribution in [0.15, 0.2) is 0 Å². The van der Waals surface area contributed by atoms with Crippen LogP contribution in [0.4, 0.5) is 0 Å². The minimum atomic E-state index is -1.13. The summed E-state index contributed by atoms with van der Waals surface area (Å²) in [5, 5.41) is 16.9. The van der Waals surface area contributed by atoms with Gasteiger partial charge in [-0.05, 0) is 0 Å². The average Bonchev–Trinajstić information content (AvgIpc) is 1.89. The van der Waals surface area contributed by atoms with Gasteiger partial charge in [0.25, 0.3) is 0 Å². The van der Waals surface area contributed by atoms with Gasteiger partial charge in [0.05, 0.1) is 12.6 Å². The van der Waals surface area contributed by atoms with Crippen LogP contribution in [0.25, 0.3) is 0 Å². The molecule has 0 aliphatic heterocycles. The molecule has 5 nitrogen and oxygen atoms in total. The second-order valence-corrected chi connectivity index (χ2v) is 1.36. The Morgan fingerprint density at radius 3 is 1.90 bits per heavy atom. The van der Waals surface area contributed by atoms with Crippen molar-refractivity contribution in [2.75, 3.05) is 18.9 Å². The van der Waals surface area contributed by atoms with E-state index in [9.17, 15) is 9.90 Å². The molecule has 10 heavy (non-hydrogen) atoms. The van der Waals surface area contributed by atoms with Gasteiger partial charge in [0.1, 0.15) is 0 Å². The first kappa shape index (κ1) is 16.4. The van der Waals surface area contributed by atoms with Crippen LogP contribution in [0.5, 0.6) is 0 Å². The van der Waals surface area contributed by atoms with Gasteiger partial charge in [-0.15, -0.1) is 0 Å². The zero-order chi connectivity index (χ0) is 7.70. The summed E-state index contributed by atoms with van der Waals surface area (Å²) in [7, 11) is 0. The normalized spacial score (nSPS) is 6.70. The van der Waals surface area contributed by atoms with Crippen molar-refractivity contribution < 1.29 is 15.0 Å². The van der Waals surface area contributed by atoms with E-state index >= 15 is 0 Å². The summed E-state index contributed by atoms with van der Waals surface area (Å²) in [4.78, 5) is 9.18. The number of aliphatic carboxylic acids is 1. The van der Waals surface area contributed by atoms with E-state index < -0.39 is 5.97 Å². The molecule has 0 aliphatic carbocycles. The van der Waals surface area contributed by atoms with Gasteiger partial charge in [0.2, 0.25) is 0 Å². The molecule has 0 aromatic carbocycles. The Bertz CT molecular complexity index is 69.5. The Morgan fingerprint density at radius 2 is 1.90 bits per heavy atom. The van der Waals surface area contributed by atoms with Gasteiger partial charge < -0.3 is 26.9 Å². The highest BCUT2D eigenvalue weighted by Crippen LogP contribution is 1.62. The van der Waals surface area contributed by atoms with Crippen LogP contribution < -0.4 is 17.0 Å². The Morgan fingerprint density at radius 1 is 1.70 bits per heavy atom. The van der Waals surface area contributed by atoms with Crippen LogP contribution >= 0.6 is 12.6 Å². The lowest BCUT2D eigenvalue weighted by atomic mass is 10.8. The number of nitrogens with two attached hydrogens (primary N) is 1. The van der Waals surface area contributed by atoms with Crippen molar-refractivity contribution in [2.24, 2.45) is 5.73 Å². The summed E-state index contributed by atoms with van der Waals surface area (Å²) >= 11 is 3.35. The van der Waals surface area contributed by atoms with Gasteiger partial charge in [0, 0.05) is 12.3 Å². The molecule has 0 saturated heterocycles. The number of carbonyl (C=O) groups excluding carboxylic acids is 1. The smallest absolute Gasteiger partial charge is 0.0553 e. The molecule has 0 bridgehead atoms. The summed E-state index contributed by atoms with van der Waals surface area (Å²) < 4.78 is 0. The number of carboxylic acid groups (broad SMARTS) is 1. The van der Waals surface area contributed by atoms with Crippen molar-refractivity contribution >= 4 is 18.6 Å². The Balaban J connectivity index is -0.0000000910. The van der Waals surface area contributed by atoms with Crippen LogP contribution in [0, 0.1) is 0 Å². The summed E-state index contributed by atoms with van der Waals surface area (Å²) in [5.74, 6) is -1.33. The second kappa shape index (κ2) is 15.9. The van der Waals surface area contributed by atoms with Crippen LogP contribution in [0.3, 0.4) is 0 Å². The fourth-order valence-electron chi connectivity index (χ4n) is 0. The predicted octanol–water partition coefficient (Wildman–Crippen LogP) is -2.02. The Hall–Kier alpha value is -0.300. The SMILES string of the molecule is NCCO.O=C([O-])CS.[NH4+]. The van der Waals surface area contributed by atoms with Crippen molar-refractivity contribution in [3.8, 4) is 0 Å². The van der Waals surface area contributed by atoms with E-state index in [1.807, 2.05) is 0 Å². The van der Waals surface area contributed by atoms with Crippen molar-refractivity contribution in [2.45, 2.75) is 0 Å². The monoisotopic (exact) mass is 170 g/mol. The van der Waals surface area contributed by atoms with E-state index in [1.54, 1.807) is 0 Å². The summed E-state index contributed by atoms with van der Waals surface area (Å²) in [6, 6.07) is 0. The molecule has 0 aliphatic rings. The van der Waals surface area contributed by atoms with E-state index in [2.05, 4.69) is 12.6 Å². The molecule has 0 radical (unpaired) electrons. The van der Waals surface area contributed by atoms with Gasteiger partial charge >= 0.3 is 0 Å². The quantitative estimate of drug-likeness (QED) is 0.357. The van der Waals surface area contributed by atoms with Crippen LogP contribution in [0.2, 0.25) is 0 Å². The van der Waals surface area contributed by atoms with Crippen LogP contribution in [-0.4, -0.2) is 30.0 Å². The third-order valence-electron chi connectivity index (χ3n) is 0.258. The highest BCUT2D eigenvalue weighted by Gasteiger charge is 1.66. The number of quaternary nitrogens is 1. The maximum Gasteiger partial charge on any atom is 0.0553 e. The molecule has 6 heteroatoms. The van der Waals surface area contributed by atoms with Gasteiger partial charge in [-0.3, -0.25) is 0 Å². The van der Waals surface area contributed by atoms with Gasteiger partial charge in [0.15, 0.2) is 0 Å². The molecule has 0 spiro atoms. The zero-order valence-corrected chi connectivity index (χ0v) is 6.80. The molecule has 0 aromatic rings. The second-order valence-electron chi connectivity index (χ2n) is 1.04. The van der Waals surface area contributed by atoms with E-state index in [-0.39, 0.29) is 18.5 Å². The number of thiol groups is 1. The number of aliphatic hydroxyl groups excluding tert-OH is 1. The number of hydrogen-bond donors (Lipinski definition) is 4. The predicted molar refractivity (Wildman–Crippen MR) is 41.0 cm³/mol. The minimum absolute atomic E-state index is 0. The average molecular weight is 170 g/mol. The summed E-state index contributed by atoms with van der Waals surface area (Å²) in [6.07, 6.45) is 0. The van der Waals surface area contributed by atoms with Crippen molar-refractivity contribution in [1.82, 2.24) is 6.15 Å². The highest BCUT2D eigenvalue weighted by molar-refractivity contribution is 7.81. The number of rotatable bonds is 2. The molecule has 0 fully saturated rings. The van der Waals surface area contributed by atoms with Crippen molar-refractivity contribution in [3.05, 3.63) is 0 Å². The standard InChI is InChI=1S/C2H7NO.C2H4O2S.H3N/c3-1-2-4;3-2(4)1-5;/h4H,1-3H2;5H,1H2,(H,3,4);1H3. The largest absolute Gasteiger partial charge is 0.549 e. The van der Waals surface area contributed by atoms with E-state index in [0.29, 0.717) is 6.54 Å². The molecule has 7 N–H and O–H groups in total. The lowest BCUT2D eigenvalue weighted by molar-refractivity contribution is -0.301. The maximum atomic E-state index is 9.18. The number of carbonyl (C=O) groups is 1. The van der Waals surface area contributed by atoms with Crippen LogP contribution in [0.1, 0.15) is 0 Å². The fourth-order valence-corrected chi connectivity index (χ4v) is 0. The van der Waals surface area contributed by atoms with E-state index in [0.717, 1.165) is 0 Å². The van der Waals surface area contributed by atoms with Crippen LogP contribution in [-0.2, 0) is 4.79 Å². The molecule has 0 amide bonds. The first-order chi connectivity index (χ1) is 4.18. The molecule has 64 valence electrons. The molecule has 0 unspecified atom stereocenters. The molecule has 0 atom stereocenters. The molecule has 0 aromatic heterocycles. The van der Waals surface area contributed by atoms with Gasteiger partial charge in [-0.25, -0.2) is 0 Å². The first-order valence-corrected chi connectivity index (χ1v) is 2.93. The van der Waals surface area contributed by atoms with Crippen molar-refractivity contribution in [3.63, 3.8) is 0 Å². The third-order valence-corrected chi connectivity index (χ3v) is 0.516. The molecule has 0 saturated carbocycles. The Labute approximate surface area is 65.2 Å². The lowest BCUT2D eigenvalue weighted by Crippen LogP contribution is -2.23. The first-order valence-electron chi connectivity index (χ1n) is 2.30. The van der Waals surface area contributed by atoms with Gasteiger partial charge in [-0.1, -0.05) is 0 Å². The number of carboxylic acids is 1.